The van der Waals surface area contributed by atoms with Crippen molar-refractivity contribution in [1.29, 1.82) is 0 Å². The minimum absolute atomic E-state index is 0.0291. The number of nitrogens with one attached hydrogen (secondary N) is 2. The van der Waals surface area contributed by atoms with Crippen molar-refractivity contribution < 1.29 is 24.6 Å². The number of benzene rings is 3. The lowest BCUT2D eigenvalue weighted by molar-refractivity contribution is -0.146. The lowest BCUT2D eigenvalue weighted by Crippen LogP contribution is -2.56. The largest absolute Gasteiger partial charge is 0.508 e. The van der Waals surface area contributed by atoms with Crippen LogP contribution in [0.25, 0.3) is 0 Å². The highest BCUT2D eigenvalue weighted by atomic mass is 35.5. The summed E-state index contributed by atoms with van der Waals surface area (Å²) in [5.41, 5.74) is 2.19. The Morgan fingerprint density at radius 3 is 2.51 bits per heavy atom. The third-order valence-electron chi connectivity index (χ3n) is 6.68. The quantitative estimate of drug-likeness (QED) is 0.315. The molecule has 10 heteroatoms. The summed E-state index contributed by atoms with van der Waals surface area (Å²) < 4.78 is 0. The molecule has 1 heterocycles. The van der Waals surface area contributed by atoms with E-state index in [1.165, 1.54) is 22.7 Å². The molecule has 3 amide bonds. The molecule has 0 radical (unpaired) electrons. The summed E-state index contributed by atoms with van der Waals surface area (Å²) >= 11 is 7.60. The van der Waals surface area contributed by atoms with Gasteiger partial charge >= 0.3 is 0 Å². The Hall–Kier alpha value is -3.53. The van der Waals surface area contributed by atoms with Crippen LogP contribution in [0.4, 0.5) is 0 Å². The number of aromatic hydroxyl groups is 1. The van der Waals surface area contributed by atoms with E-state index in [1.54, 1.807) is 31.2 Å². The molecule has 8 nitrogen and oxygen atoms in total. The SMILES string of the molecule is Cc1c(O)cccc1C(=O)NC(Cc1ccccc1)C(O)C(=O)N1CSC[C@H]1C(=O)NCc1ccccc1Cl. The Kier molecular flexibility index (Phi) is 9.50. The van der Waals surface area contributed by atoms with Crippen LogP contribution in [0.3, 0.4) is 0 Å². The number of carbonyl (C=O) groups excluding carboxylic acids is 3. The minimum atomic E-state index is -1.61. The minimum Gasteiger partial charge on any atom is -0.508 e. The molecular formula is C29H30ClN3O5S. The second-order valence-electron chi connectivity index (χ2n) is 9.30. The van der Waals surface area contributed by atoms with Gasteiger partial charge in [0.05, 0.1) is 11.9 Å². The third-order valence-corrected chi connectivity index (χ3v) is 8.06. The first-order valence-corrected chi connectivity index (χ1v) is 14.0. The van der Waals surface area contributed by atoms with E-state index in [1.807, 2.05) is 42.5 Å². The van der Waals surface area contributed by atoms with Gasteiger partial charge in [-0.1, -0.05) is 66.2 Å². The molecule has 3 aromatic carbocycles. The average Bonchev–Trinajstić information content (AvgIpc) is 3.43. The molecule has 204 valence electrons. The second-order valence-corrected chi connectivity index (χ2v) is 10.7. The fraction of sp³-hybridized carbons (Fsp3) is 0.276. The standard InChI is InChI=1S/C29H30ClN3O5S/c1-18-21(11-7-13-25(18)34)27(36)32-23(14-19-8-3-2-4-9-19)26(35)29(38)33-17-39-16-24(33)28(37)31-15-20-10-5-6-12-22(20)30/h2-13,23-24,26,34-35H,14-17H2,1H3,(H,31,37)(H,32,36)/t23?,24-,26?/m0/s1. The first-order valence-electron chi connectivity index (χ1n) is 12.5. The van der Waals surface area contributed by atoms with E-state index in [2.05, 4.69) is 10.6 Å². The third kappa shape index (κ3) is 6.92. The molecule has 1 saturated heterocycles. The number of hydrogen-bond acceptors (Lipinski definition) is 6. The van der Waals surface area contributed by atoms with Crippen molar-refractivity contribution in [3.8, 4) is 5.75 Å². The van der Waals surface area contributed by atoms with Crippen LogP contribution in [-0.2, 0) is 22.6 Å². The van der Waals surface area contributed by atoms with Gasteiger partial charge in [0.25, 0.3) is 11.8 Å². The maximum atomic E-state index is 13.5. The van der Waals surface area contributed by atoms with Gasteiger partial charge in [-0.25, -0.2) is 0 Å². The van der Waals surface area contributed by atoms with Gasteiger partial charge in [0.15, 0.2) is 6.10 Å². The van der Waals surface area contributed by atoms with Crippen molar-refractivity contribution in [3.63, 3.8) is 0 Å². The summed E-state index contributed by atoms with van der Waals surface area (Å²) in [6.45, 7) is 1.82. The van der Waals surface area contributed by atoms with E-state index in [0.29, 0.717) is 16.3 Å². The number of phenols is 1. The number of rotatable bonds is 9. The van der Waals surface area contributed by atoms with Gasteiger partial charge in [-0.05, 0) is 42.7 Å². The van der Waals surface area contributed by atoms with Crippen LogP contribution in [0, 0.1) is 6.92 Å². The number of hydrogen-bond donors (Lipinski definition) is 4. The Bertz CT molecular complexity index is 1340. The maximum absolute atomic E-state index is 13.5. The molecule has 4 rings (SSSR count). The van der Waals surface area contributed by atoms with Gasteiger partial charge in [-0.2, -0.15) is 0 Å². The molecule has 0 spiro atoms. The fourth-order valence-electron chi connectivity index (χ4n) is 4.39. The maximum Gasteiger partial charge on any atom is 0.254 e. The van der Waals surface area contributed by atoms with E-state index < -0.39 is 30.0 Å². The zero-order chi connectivity index (χ0) is 27.9. The van der Waals surface area contributed by atoms with Crippen molar-refractivity contribution in [1.82, 2.24) is 15.5 Å². The van der Waals surface area contributed by atoms with Gasteiger partial charge in [0.2, 0.25) is 5.91 Å². The number of carbonyl (C=O) groups is 3. The lowest BCUT2D eigenvalue weighted by Gasteiger charge is -2.30. The lowest BCUT2D eigenvalue weighted by atomic mass is 9.98. The van der Waals surface area contributed by atoms with Gasteiger partial charge in [0.1, 0.15) is 11.8 Å². The van der Waals surface area contributed by atoms with E-state index >= 15 is 0 Å². The first-order chi connectivity index (χ1) is 18.8. The van der Waals surface area contributed by atoms with Crippen LogP contribution < -0.4 is 10.6 Å². The van der Waals surface area contributed by atoms with E-state index in [0.717, 1.165) is 11.1 Å². The number of nitrogens with zero attached hydrogens (tertiary/aromatic N) is 1. The molecule has 0 saturated carbocycles. The summed E-state index contributed by atoms with van der Waals surface area (Å²) in [4.78, 5) is 41.1. The molecule has 0 aliphatic carbocycles. The van der Waals surface area contributed by atoms with E-state index in [4.69, 9.17) is 11.6 Å². The molecule has 3 aromatic rings. The Labute approximate surface area is 236 Å². The number of amides is 3. The molecule has 0 bridgehead atoms. The molecular weight excluding hydrogens is 538 g/mol. The zero-order valence-corrected chi connectivity index (χ0v) is 22.9. The van der Waals surface area contributed by atoms with Gasteiger partial charge < -0.3 is 25.7 Å². The molecule has 4 N–H and O–H groups in total. The predicted molar refractivity (Wildman–Crippen MR) is 152 cm³/mol. The van der Waals surface area contributed by atoms with Crippen LogP contribution in [0.5, 0.6) is 5.75 Å². The van der Waals surface area contributed by atoms with Crippen molar-refractivity contribution >= 4 is 41.1 Å². The van der Waals surface area contributed by atoms with Gasteiger partial charge in [-0.15, -0.1) is 11.8 Å². The molecule has 3 atom stereocenters. The van der Waals surface area contributed by atoms with Crippen molar-refractivity contribution in [2.75, 3.05) is 11.6 Å². The summed E-state index contributed by atoms with van der Waals surface area (Å²) in [6, 6.07) is 19.2. The van der Waals surface area contributed by atoms with E-state index in [-0.39, 0.29) is 36.1 Å². The number of aliphatic hydroxyl groups excluding tert-OH is 1. The number of phenolic OH excluding ortho intramolecular Hbond substituents is 1. The Balaban J connectivity index is 1.50. The monoisotopic (exact) mass is 567 g/mol. The van der Waals surface area contributed by atoms with Crippen LogP contribution in [0.15, 0.2) is 72.8 Å². The van der Waals surface area contributed by atoms with Crippen molar-refractivity contribution in [2.45, 2.75) is 38.1 Å². The Morgan fingerprint density at radius 2 is 1.77 bits per heavy atom. The smallest absolute Gasteiger partial charge is 0.254 e. The normalized spacial score (nSPS) is 16.4. The van der Waals surface area contributed by atoms with Crippen LogP contribution in [0.1, 0.15) is 27.0 Å². The van der Waals surface area contributed by atoms with Crippen molar-refractivity contribution in [3.05, 3.63) is 100 Å². The van der Waals surface area contributed by atoms with Crippen LogP contribution in [-0.4, -0.2) is 62.7 Å². The summed E-state index contributed by atoms with van der Waals surface area (Å²) in [5.74, 6) is -0.936. The number of aliphatic hydroxyl groups is 1. The first kappa shape index (κ1) is 28.5. The molecule has 1 aliphatic heterocycles. The number of thioether (sulfide) groups is 1. The molecule has 2 unspecified atom stereocenters. The highest BCUT2D eigenvalue weighted by molar-refractivity contribution is 7.99. The molecule has 39 heavy (non-hydrogen) atoms. The number of halogens is 1. The zero-order valence-electron chi connectivity index (χ0n) is 21.3. The molecule has 1 fully saturated rings. The summed E-state index contributed by atoms with van der Waals surface area (Å²) in [6.07, 6.45) is -1.42. The van der Waals surface area contributed by atoms with E-state index in [9.17, 15) is 24.6 Å². The fourth-order valence-corrected chi connectivity index (χ4v) is 5.75. The van der Waals surface area contributed by atoms with Gasteiger partial charge in [-0.3, -0.25) is 14.4 Å². The van der Waals surface area contributed by atoms with Crippen molar-refractivity contribution in [2.24, 2.45) is 0 Å². The van der Waals surface area contributed by atoms with Crippen LogP contribution >= 0.6 is 23.4 Å². The Morgan fingerprint density at radius 1 is 1.05 bits per heavy atom. The van der Waals surface area contributed by atoms with Crippen LogP contribution in [0.2, 0.25) is 5.02 Å². The second kappa shape index (κ2) is 13.0. The molecule has 0 aromatic heterocycles. The van der Waals surface area contributed by atoms with Gasteiger partial charge in [0, 0.05) is 28.4 Å². The molecule has 1 aliphatic rings. The average molecular weight is 568 g/mol. The summed E-state index contributed by atoms with van der Waals surface area (Å²) in [5, 5.41) is 27.4. The highest BCUT2D eigenvalue weighted by Gasteiger charge is 2.40. The predicted octanol–water partition coefficient (Wildman–Crippen LogP) is 3.27. The summed E-state index contributed by atoms with van der Waals surface area (Å²) in [7, 11) is 0. The highest BCUT2D eigenvalue weighted by Crippen LogP contribution is 2.24. The topological polar surface area (TPSA) is 119 Å².